The molecule has 7 heteroatoms. The Hall–Kier alpha value is -2.54. The highest BCUT2D eigenvalue weighted by Gasteiger charge is 2.10. The van der Waals surface area contributed by atoms with Crippen LogP contribution in [0.2, 0.25) is 0 Å². The number of amides is 2. The van der Waals surface area contributed by atoms with E-state index in [2.05, 4.69) is 10.6 Å². The van der Waals surface area contributed by atoms with Gasteiger partial charge in [-0.2, -0.15) is 0 Å². The molecule has 0 bridgehead atoms. The molecule has 0 heterocycles. The van der Waals surface area contributed by atoms with Crippen molar-refractivity contribution in [2.75, 3.05) is 25.4 Å². The predicted octanol–water partition coefficient (Wildman–Crippen LogP) is 2.12. The number of rotatable bonds is 9. The number of carbonyl (C=O) groups is 3. The van der Waals surface area contributed by atoms with E-state index in [1.54, 1.807) is 0 Å². The van der Waals surface area contributed by atoms with Crippen molar-refractivity contribution in [3.8, 4) is 0 Å². The van der Waals surface area contributed by atoms with E-state index >= 15 is 0 Å². The van der Waals surface area contributed by atoms with Crippen LogP contribution in [0.5, 0.6) is 0 Å². The number of ether oxygens (including phenoxy) is 1. The third kappa shape index (κ3) is 6.76. The van der Waals surface area contributed by atoms with Gasteiger partial charge in [-0.05, 0) is 29.3 Å². The summed E-state index contributed by atoms with van der Waals surface area (Å²) in [6.45, 7) is 1.99. The van der Waals surface area contributed by atoms with Gasteiger partial charge in [0.15, 0.2) is 6.61 Å². The molecule has 0 aliphatic heterocycles. The lowest BCUT2D eigenvalue weighted by Gasteiger charge is -2.07. The summed E-state index contributed by atoms with van der Waals surface area (Å²) in [5.74, 6) is -1.13. The summed E-state index contributed by atoms with van der Waals surface area (Å²) in [5.41, 5.74) is 0. The normalized spacial score (nSPS) is 10.3. The number of hydrogen-bond donors (Lipinski definition) is 2. The molecule has 0 radical (unpaired) electrons. The van der Waals surface area contributed by atoms with E-state index in [1.165, 1.54) is 11.8 Å². The van der Waals surface area contributed by atoms with Crippen molar-refractivity contribution in [1.29, 1.82) is 0 Å². The molecule has 0 atom stereocenters. The Labute approximate surface area is 156 Å². The zero-order chi connectivity index (χ0) is 18.8. The summed E-state index contributed by atoms with van der Waals surface area (Å²) in [5, 5.41) is 7.29. The van der Waals surface area contributed by atoms with Crippen LogP contribution in [0.25, 0.3) is 10.8 Å². The highest BCUT2D eigenvalue weighted by atomic mass is 32.2. The lowest BCUT2D eigenvalue weighted by molar-refractivity contribution is -0.146. The van der Waals surface area contributed by atoms with Crippen molar-refractivity contribution in [2.24, 2.45) is 0 Å². The lowest BCUT2D eigenvalue weighted by Crippen LogP contribution is -2.39. The zero-order valence-electron chi connectivity index (χ0n) is 14.6. The Kier molecular flexibility index (Phi) is 7.95. The molecule has 2 rings (SSSR count). The van der Waals surface area contributed by atoms with Crippen LogP contribution >= 0.6 is 11.8 Å². The average molecular weight is 374 g/mol. The first kappa shape index (κ1) is 19.8. The van der Waals surface area contributed by atoms with E-state index in [1.807, 2.05) is 49.4 Å². The van der Waals surface area contributed by atoms with Gasteiger partial charge in [0, 0.05) is 11.4 Å². The SMILES string of the molecule is CCCNC(=O)CNC(=O)COC(=O)CSc1ccc2ccccc2c1. The first-order chi connectivity index (χ1) is 12.6. The molecule has 2 aromatic rings. The molecule has 2 aromatic carbocycles. The van der Waals surface area contributed by atoms with Crippen LogP contribution in [0.1, 0.15) is 13.3 Å². The van der Waals surface area contributed by atoms with E-state index in [0.717, 1.165) is 22.1 Å². The summed E-state index contributed by atoms with van der Waals surface area (Å²) in [6.07, 6.45) is 0.826. The van der Waals surface area contributed by atoms with Gasteiger partial charge in [0.2, 0.25) is 5.91 Å². The molecule has 0 spiro atoms. The quantitative estimate of drug-likeness (QED) is 0.519. The maximum Gasteiger partial charge on any atom is 0.316 e. The summed E-state index contributed by atoms with van der Waals surface area (Å²) in [4.78, 5) is 35.6. The van der Waals surface area contributed by atoms with Gasteiger partial charge in [0.1, 0.15) is 0 Å². The molecule has 0 saturated carbocycles. The van der Waals surface area contributed by atoms with Crippen LogP contribution in [0.15, 0.2) is 47.4 Å². The van der Waals surface area contributed by atoms with Crippen molar-refractivity contribution < 1.29 is 19.1 Å². The van der Waals surface area contributed by atoms with Gasteiger partial charge in [0.05, 0.1) is 12.3 Å². The van der Waals surface area contributed by atoms with Crippen molar-refractivity contribution in [1.82, 2.24) is 10.6 Å². The Morgan fingerprint density at radius 3 is 2.54 bits per heavy atom. The van der Waals surface area contributed by atoms with Gasteiger partial charge in [-0.25, -0.2) is 0 Å². The molecule has 138 valence electrons. The zero-order valence-corrected chi connectivity index (χ0v) is 15.4. The van der Waals surface area contributed by atoms with E-state index < -0.39 is 18.5 Å². The van der Waals surface area contributed by atoms with Crippen molar-refractivity contribution in [3.05, 3.63) is 42.5 Å². The Morgan fingerprint density at radius 2 is 1.77 bits per heavy atom. The monoisotopic (exact) mass is 374 g/mol. The van der Waals surface area contributed by atoms with Gasteiger partial charge in [-0.15, -0.1) is 11.8 Å². The third-order valence-corrected chi connectivity index (χ3v) is 4.43. The van der Waals surface area contributed by atoms with Crippen LogP contribution < -0.4 is 10.6 Å². The Balaban J connectivity index is 1.68. The first-order valence-electron chi connectivity index (χ1n) is 8.39. The van der Waals surface area contributed by atoms with Crippen molar-refractivity contribution in [3.63, 3.8) is 0 Å². The van der Waals surface area contributed by atoms with Crippen molar-refractivity contribution >= 4 is 40.3 Å². The maximum atomic E-state index is 11.8. The molecule has 2 amide bonds. The predicted molar refractivity (Wildman–Crippen MR) is 102 cm³/mol. The molecule has 0 fully saturated rings. The van der Waals surface area contributed by atoms with Crippen LogP contribution in [-0.2, 0) is 19.1 Å². The molecular weight excluding hydrogens is 352 g/mol. The number of benzene rings is 2. The van der Waals surface area contributed by atoms with Crippen LogP contribution in [0, 0.1) is 0 Å². The number of esters is 1. The fraction of sp³-hybridized carbons (Fsp3) is 0.316. The molecule has 0 aliphatic rings. The van der Waals surface area contributed by atoms with Crippen LogP contribution in [-0.4, -0.2) is 43.2 Å². The minimum atomic E-state index is -0.499. The Morgan fingerprint density at radius 1 is 1.00 bits per heavy atom. The number of fused-ring (bicyclic) bond motifs is 1. The van der Waals surface area contributed by atoms with E-state index in [9.17, 15) is 14.4 Å². The van der Waals surface area contributed by atoms with Crippen LogP contribution in [0.3, 0.4) is 0 Å². The third-order valence-electron chi connectivity index (χ3n) is 3.46. The molecule has 0 aliphatic carbocycles. The highest BCUT2D eigenvalue weighted by Crippen LogP contribution is 2.23. The van der Waals surface area contributed by atoms with Gasteiger partial charge in [-0.1, -0.05) is 37.3 Å². The summed E-state index contributed by atoms with van der Waals surface area (Å²) >= 11 is 1.35. The summed E-state index contributed by atoms with van der Waals surface area (Å²) in [6, 6.07) is 13.9. The summed E-state index contributed by atoms with van der Waals surface area (Å²) in [7, 11) is 0. The molecule has 26 heavy (non-hydrogen) atoms. The molecule has 0 aromatic heterocycles. The van der Waals surface area contributed by atoms with E-state index in [4.69, 9.17) is 4.74 Å². The fourth-order valence-corrected chi connectivity index (χ4v) is 2.89. The second kappa shape index (κ2) is 10.5. The molecule has 0 saturated heterocycles. The topological polar surface area (TPSA) is 84.5 Å². The number of thioether (sulfide) groups is 1. The standard InChI is InChI=1S/C19H22N2O4S/c1-2-9-20-17(22)11-21-18(23)12-25-19(24)13-26-16-8-7-14-5-3-4-6-15(14)10-16/h3-8,10H,2,9,11-13H2,1H3,(H,20,22)(H,21,23). The van der Waals surface area contributed by atoms with Gasteiger partial charge in [0.25, 0.3) is 5.91 Å². The number of carbonyl (C=O) groups excluding carboxylic acids is 3. The first-order valence-corrected chi connectivity index (χ1v) is 9.37. The summed E-state index contributed by atoms with van der Waals surface area (Å²) < 4.78 is 4.92. The molecular formula is C19H22N2O4S. The minimum Gasteiger partial charge on any atom is -0.455 e. The maximum absolute atomic E-state index is 11.8. The average Bonchev–Trinajstić information content (AvgIpc) is 2.67. The van der Waals surface area contributed by atoms with Crippen molar-refractivity contribution in [2.45, 2.75) is 18.2 Å². The smallest absolute Gasteiger partial charge is 0.316 e. The largest absolute Gasteiger partial charge is 0.455 e. The second-order valence-electron chi connectivity index (χ2n) is 5.58. The van der Waals surface area contributed by atoms with Gasteiger partial charge >= 0.3 is 5.97 Å². The fourth-order valence-electron chi connectivity index (χ4n) is 2.14. The second-order valence-corrected chi connectivity index (χ2v) is 6.63. The van der Waals surface area contributed by atoms with Gasteiger partial charge in [-0.3, -0.25) is 14.4 Å². The van der Waals surface area contributed by atoms with E-state index in [0.29, 0.717) is 6.54 Å². The molecule has 0 unspecified atom stereocenters. The number of nitrogens with one attached hydrogen (secondary N) is 2. The lowest BCUT2D eigenvalue weighted by atomic mass is 10.1. The van der Waals surface area contributed by atoms with E-state index in [-0.39, 0.29) is 18.2 Å². The highest BCUT2D eigenvalue weighted by molar-refractivity contribution is 8.00. The number of hydrogen-bond acceptors (Lipinski definition) is 5. The van der Waals surface area contributed by atoms with Crippen LogP contribution in [0.4, 0.5) is 0 Å². The Bertz CT molecular complexity index is 779. The molecule has 6 nitrogen and oxygen atoms in total. The molecule has 2 N–H and O–H groups in total. The minimum absolute atomic E-state index is 0.114. The van der Waals surface area contributed by atoms with Gasteiger partial charge < -0.3 is 15.4 Å².